The summed E-state index contributed by atoms with van der Waals surface area (Å²) in [4.78, 5) is 11.7. The Balaban J connectivity index is 2.12. The summed E-state index contributed by atoms with van der Waals surface area (Å²) in [6, 6.07) is 0. The van der Waals surface area contributed by atoms with Crippen molar-refractivity contribution in [3.05, 3.63) is 0 Å². The van der Waals surface area contributed by atoms with Crippen LogP contribution < -0.4 is 5.32 Å². The van der Waals surface area contributed by atoms with Gasteiger partial charge in [0.2, 0.25) is 0 Å². The minimum absolute atomic E-state index is 0.0338. The highest BCUT2D eigenvalue weighted by atomic mass is 16.5. The normalized spacial score (nSPS) is 37.5. The summed E-state index contributed by atoms with van der Waals surface area (Å²) in [5, 5.41) is 3.18. The molecular formula is C9H15NO3. The first kappa shape index (κ1) is 8.97. The van der Waals surface area contributed by atoms with E-state index in [2.05, 4.69) is 5.32 Å². The third-order valence-electron chi connectivity index (χ3n) is 2.94. The fourth-order valence-electron chi connectivity index (χ4n) is 2.17. The average Bonchev–Trinajstić information content (AvgIpc) is 2.61. The van der Waals surface area contributed by atoms with Crippen molar-refractivity contribution >= 4 is 5.97 Å². The van der Waals surface area contributed by atoms with Crippen molar-refractivity contribution in [1.29, 1.82) is 0 Å². The maximum absolute atomic E-state index is 11.7. The summed E-state index contributed by atoms with van der Waals surface area (Å²) < 4.78 is 10.6. The second-order valence-corrected chi connectivity index (χ2v) is 3.62. The van der Waals surface area contributed by atoms with Crippen LogP contribution in [0, 0.1) is 5.41 Å². The van der Waals surface area contributed by atoms with Crippen LogP contribution in [0.4, 0.5) is 0 Å². The molecule has 2 rings (SSSR count). The van der Waals surface area contributed by atoms with E-state index in [1.54, 1.807) is 0 Å². The van der Waals surface area contributed by atoms with Gasteiger partial charge in [0.05, 0.1) is 12.7 Å². The quantitative estimate of drug-likeness (QED) is 0.612. The lowest BCUT2D eigenvalue weighted by Gasteiger charge is -2.23. The molecule has 4 nitrogen and oxygen atoms in total. The third-order valence-corrected chi connectivity index (χ3v) is 2.94. The van der Waals surface area contributed by atoms with Crippen molar-refractivity contribution in [2.75, 3.05) is 26.3 Å². The smallest absolute Gasteiger partial charge is 0.316 e. The van der Waals surface area contributed by atoms with Crippen molar-refractivity contribution in [3.8, 4) is 0 Å². The van der Waals surface area contributed by atoms with Crippen LogP contribution in [0.1, 0.15) is 13.3 Å². The number of esters is 1. The Bertz CT molecular complexity index is 207. The molecule has 0 aromatic heterocycles. The van der Waals surface area contributed by atoms with E-state index in [1.165, 1.54) is 0 Å². The standard InChI is InChI=1S/C9H15NO3/c1-2-12-8(11)9-3-4-13-7(9)5-10-6-9/h7,10H,2-6H2,1H3. The minimum Gasteiger partial charge on any atom is -0.465 e. The second-order valence-electron chi connectivity index (χ2n) is 3.62. The lowest BCUT2D eigenvalue weighted by Crippen LogP contribution is -2.39. The maximum atomic E-state index is 11.7. The van der Waals surface area contributed by atoms with Crippen LogP contribution >= 0.6 is 0 Å². The average molecular weight is 185 g/mol. The van der Waals surface area contributed by atoms with Crippen LogP contribution in [0.15, 0.2) is 0 Å². The third kappa shape index (κ3) is 1.25. The minimum atomic E-state index is -0.379. The number of fused-ring (bicyclic) bond motifs is 1. The van der Waals surface area contributed by atoms with E-state index in [1.807, 2.05) is 6.92 Å². The monoisotopic (exact) mass is 185 g/mol. The lowest BCUT2D eigenvalue weighted by molar-refractivity contribution is -0.156. The zero-order chi connectivity index (χ0) is 9.31. The predicted octanol–water partition coefficient (Wildman–Crippen LogP) is -0.0720. The summed E-state index contributed by atoms with van der Waals surface area (Å²) in [6.07, 6.45) is 0.829. The first-order valence-electron chi connectivity index (χ1n) is 4.79. The van der Waals surface area contributed by atoms with E-state index in [0.29, 0.717) is 19.8 Å². The van der Waals surface area contributed by atoms with Gasteiger partial charge in [0.25, 0.3) is 0 Å². The van der Waals surface area contributed by atoms with Gasteiger partial charge in [0.1, 0.15) is 5.41 Å². The lowest BCUT2D eigenvalue weighted by atomic mass is 9.84. The summed E-state index contributed by atoms with van der Waals surface area (Å²) >= 11 is 0. The van der Waals surface area contributed by atoms with E-state index >= 15 is 0 Å². The molecule has 1 N–H and O–H groups in total. The number of carbonyl (C=O) groups is 1. The van der Waals surface area contributed by atoms with Crippen molar-refractivity contribution in [3.63, 3.8) is 0 Å². The van der Waals surface area contributed by atoms with Gasteiger partial charge in [-0.05, 0) is 13.3 Å². The Morgan fingerprint density at radius 1 is 1.77 bits per heavy atom. The van der Waals surface area contributed by atoms with Crippen LogP contribution in [0.3, 0.4) is 0 Å². The number of hydrogen-bond donors (Lipinski definition) is 1. The van der Waals surface area contributed by atoms with Crippen molar-refractivity contribution in [1.82, 2.24) is 5.32 Å². The summed E-state index contributed by atoms with van der Waals surface area (Å²) in [7, 11) is 0. The largest absolute Gasteiger partial charge is 0.465 e. The van der Waals surface area contributed by atoms with Crippen LogP contribution in [0.2, 0.25) is 0 Å². The van der Waals surface area contributed by atoms with Gasteiger partial charge in [-0.2, -0.15) is 0 Å². The van der Waals surface area contributed by atoms with Crippen molar-refractivity contribution in [2.24, 2.45) is 5.41 Å². The second kappa shape index (κ2) is 3.27. The molecule has 0 aromatic rings. The molecule has 2 aliphatic rings. The van der Waals surface area contributed by atoms with Gasteiger partial charge in [-0.15, -0.1) is 0 Å². The number of carbonyl (C=O) groups excluding carboxylic acids is 1. The molecule has 74 valence electrons. The number of rotatable bonds is 2. The summed E-state index contributed by atoms with van der Waals surface area (Å²) in [5.41, 5.74) is -0.379. The van der Waals surface area contributed by atoms with Gasteiger partial charge in [-0.3, -0.25) is 4.79 Å². The summed E-state index contributed by atoms with van der Waals surface area (Å²) in [5.74, 6) is -0.0949. The molecule has 2 atom stereocenters. The zero-order valence-electron chi connectivity index (χ0n) is 7.84. The molecule has 2 unspecified atom stereocenters. The van der Waals surface area contributed by atoms with E-state index < -0.39 is 0 Å². The molecule has 2 saturated heterocycles. The predicted molar refractivity (Wildman–Crippen MR) is 46.3 cm³/mol. The Labute approximate surface area is 77.6 Å². The number of hydrogen-bond acceptors (Lipinski definition) is 4. The van der Waals surface area contributed by atoms with Gasteiger partial charge in [-0.1, -0.05) is 0 Å². The fraction of sp³-hybridized carbons (Fsp3) is 0.889. The van der Waals surface area contributed by atoms with E-state index in [9.17, 15) is 4.79 Å². The highest BCUT2D eigenvalue weighted by Gasteiger charge is 2.54. The molecule has 0 aliphatic carbocycles. The Morgan fingerprint density at radius 3 is 3.38 bits per heavy atom. The Morgan fingerprint density at radius 2 is 2.62 bits per heavy atom. The van der Waals surface area contributed by atoms with Crippen LogP contribution in [0.5, 0.6) is 0 Å². The van der Waals surface area contributed by atoms with Crippen molar-refractivity contribution < 1.29 is 14.3 Å². The van der Waals surface area contributed by atoms with E-state index in [4.69, 9.17) is 9.47 Å². The zero-order valence-corrected chi connectivity index (χ0v) is 7.84. The van der Waals surface area contributed by atoms with Gasteiger partial charge in [0, 0.05) is 19.7 Å². The van der Waals surface area contributed by atoms with Gasteiger partial charge >= 0.3 is 5.97 Å². The van der Waals surface area contributed by atoms with Crippen LogP contribution in [-0.4, -0.2) is 38.4 Å². The SMILES string of the molecule is CCOC(=O)C12CCOC1CNC2. The molecule has 0 bridgehead atoms. The summed E-state index contributed by atoms with van der Waals surface area (Å²) in [6.45, 7) is 4.45. The van der Waals surface area contributed by atoms with Crippen LogP contribution in [0.25, 0.3) is 0 Å². The highest BCUT2D eigenvalue weighted by molar-refractivity contribution is 5.79. The number of ether oxygens (including phenoxy) is 2. The molecule has 2 fully saturated rings. The number of nitrogens with one attached hydrogen (secondary N) is 1. The van der Waals surface area contributed by atoms with E-state index in [0.717, 1.165) is 13.0 Å². The maximum Gasteiger partial charge on any atom is 0.316 e. The molecule has 13 heavy (non-hydrogen) atoms. The molecule has 4 heteroatoms. The Hall–Kier alpha value is -0.610. The van der Waals surface area contributed by atoms with E-state index in [-0.39, 0.29) is 17.5 Å². The molecule has 0 saturated carbocycles. The molecule has 0 spiro atoms. The first-order chi connectivity index (χ1) is 6.29. The topological polar surface area (TPSA) is 47.6 Å². The van der Waals surface area contributed by atoms with Crippen molar-refractivity contribution in [2.45, 2.75) is 19.4 Å². The molecule has 0 radical (unpaired) electrons. The highest BCUT2D eigenvalue weighted by Crippen LogP contribution is 2.38. The molecule has 2 aliphatic heterocycles. The molecular weight excluding hydrogens is 170 g/mol. The van der Waals surface area contributed by atoms with Gasteiger partial charge < -0.3 is 14.8 Å². The molecule has 2 heterocycles. The molecule has 0 amide bonds. The Kier molecular flexibility index (Phi) is 2.26. The molecule has 0 aromatic carbocycles. The van der Waals surface area contributed by atoms with Gasteiger partial charge in [-0.25, -0.2) is 0 Å². The first-order valence-corrected chi connectivity index (χ1v) is 4.79. The fourth-order valence-corrected chi connectivity index (χ4v) is 2.17. The van der Waals surface area contributed by atoms with Gasteiger partial charge in [0.15, 0.2) is 0 Å². The van der Waals surface area contributed by atoms with Crippen LogP contribution in [-0.2, 0) is 14.3 Å².